The van der Waals surface area contributed by atoms with Gasteiger partial charge in [-0.2, -0.15) is 0 Å². The zero-order chi connectivity index (χ0) is 10.6. The lowest BCUT2D eigenvalue weighted by Gasteiger charge is -2.28. The van der Waals surface area contributed by atoms with Crippen molar-refractivity contribution >= 4 is 0 Å². The van der Waals surface area contributed by atoms with Crippen molar-refractivity contribution in [2.24, 2.45) is 11.3 Å². The molecule has 0 fully saturated rings. The van der Waals surface area contributed by atoms with Crippen LogP contribution in [0.1, 0.15) is 40.0 Å². The fourth-order valence-electron chi connectivity index (χ4n) is 1.75. The molecular weight excluding hydrogens is 176 g/mol. The SMILES string of the molecule is CC(C)(C)CC(NN)C1=COCCC1. The summed E-state index contributed by atoms with van der Waals surface area (Å²) in [5.41, 5.74) is 4.47. The van der Waals surface area contributed by atoms with Crippen LogP contribution in [0.5, 0.6) is 0 Å². The molecule has 0 aromatic heterocycles. The van der Waals surface area contributed by atoms with Crippen molar-refractivity contribution in [3.8, 4) is 0 Å². The van der Waals surface area contributed by atoms with Gasteiger partial charge in [-0.05, 0) is 30.3 Å². The van der Waals surface area contributed by atoms with Crippen molar-refractivity contribution in [3.63, 3.8) is 0 Å². The predicted molar refractivity (Wildman–Crippen MR) is 58.5 cm³/mol. The van der Waals surface area contributed by atoms with Gasteiger partial charge in [-0.25, -0.2) is 0 Å². The van der Waals surface area contributed by atoms with Crippen molar-refractivity contribution in [2.75, 3.05) is 6.61 Å². The second kappa shape index (κ2) is 4.80. The number of ether oxygens (including phenoxy) is 1. The third-order valence-corrected chi connectivity index (χ3v) is 2.43. The number of nitrogens with two attached hydrogens (primary N) is 1. The largest absolute Gasteiger partial charge is 0.501 e. The van der Waals surface area contributed by atoms with E-state index in [9.17, 15) is 0 Å². The molecule has 0 aliphatic carbocycles. The fraction of sp³-hybridized carbons (Fsp3) is 0.818. The van der Waals surface area contributed by atoms with Crippen LogP contribution >= 0.6 is 0 Å². The highest BCUT2D eigenvalue weighted by atomic mass is 16.5. The minimum Gasteiger partial charge on any atom is -0.501 e. The minimum absolute atomic E-state index is 0.260. The Bertz CT molecular complexity index is 206. The smallest absolute Gasteiger partial charge is 0.0876 e. The van der Waals surface area contributed by atoms with E-state index in [0.717, 1.165) is 25.9 Å². The summed E-state index contributed by atoms with van der Waals surface area (Å²) in [6, 6.07) is 0.260. The summed E-state index contributed by atoms with van der Waals surface area (Å²) < 4.78 is 5.32. The van der Waals surface area contributed by atoms with Crippen LogP contribution in [-0.4, -0.2) is 12.6 Å². The van der Waals surface area contributed by atoms with E-state index in [4.69, 9.17) is 10.6 Å². The molecule has 1 atom stereocenters. The van der Waals surface area contributed by atoms with Crippen LogP contribution in [0.4, 0.5) is 0 Å². The van der Waals surface area contributed by atoms with Gasteiger partial charge < -0.3 is 4.74 Å². The van der Waals surface area contributed by atoms with Crippen molar-refractivity contribution in [1.29, 1.82) is 0 Å². The second-order valence-electron chi connectivity index (χ2n) is 5.15. The maximum atomic E-state index is 5.56. The molecule has 3 nitrogen and oxygen atoms in total. The predicted octanol–water partition coefficient (Wildman–Crippen LogP) is 1.95. The van der Waals surface area contributed by atoms with Gasteiger partial charge in [0.1, 0.15) is 0 Å². The first kappa shape index (κ1) is 11.5. The molecule has 0 saturated heterocycles. The molecule has 3 heteroatoms. The molecule has 1 heterocycles. The summed E-state index contributed by atoms with van der Waals surface area (Å²) in [4.78, 5) is 0. The molecular formula is C11H22N2O. The normalized spacial score (nSPS) is 19.9. The number of nitrogens with one attached hydrogen (secondary N) is 1. The van der Waals surface area contributed by atoms with Crippen LogP contribution < -0.4 is 11.3 Å². The van der Waals surface area contributed by atoms with E-state index in [1.807, 2.05) is 6.26 Å². The first-order chi connectivity index (χ1) is 6.53. The van der Waals surface area contributed by atoms with Gasteiger partial charge in [0.25, 0.3) is 0 Å². The van der Waals surface area contributed by atoms with E-state index in [0.29, 0.717) is 0 Å². The third-order valence-electron chi connectivity index (χ3n) is 2.43. The van der Waals surface area contributed by atoms with E-state index in [-0.39, 0.29) is 11.5 Å². The summed E-state index contributed by atoms with van der Waals surface area (Å²) in [6.45, 7) is 7.51. The quantitative estimate of drug-likeness (QED) is 0.538. The lowest BCUT2D eigenvalue weighted by molar-refractivity contribution is 0.213. The molecule has 0 aromatic rings. The lowest BCUT2D eigenvalue weighted by Crippen LogP contribution is -2.40. The maximum absolute atomic E-state index is 5.56. The van der Waals surface area contributed by atoms with Crippen LogP contribution in [0.2, 0.25) is 0 Å². The van der Waals surface area contributed by atoms with Gasteiger partial charge in [0.15, 0.2) is 0 Å². The first-order valence-corrected chi connectivity index (χ1v) is 5.29. The zero-order valence-corrected chi connectivity index (χ0v) is 9.47. The Balaban J connectivity index is 2.57. The number of hydrogen-bond donors (Lipinski definition) is 2. The van der Waals surface area contributed by atoms with Crippen LogP contribution in [0.25, 0.3) is 0 Å². The number of hydrazine groups is 1. The molecule has 0 bridgehead atoms. The highest BCUT2D eigenvalue weighted by molar-refractivity contribution is 5.10. The molecule has 1 aliphatic rings. The Labute approximate surface area is 86.7 Å². The van der Waals surface area contributed by atoms with E-state index in [1.54, 1.807) is 0 Å². The second-order valence-corrected chi connectivity index (χ2v) is 5.15. The molecule has 1 rings (SSSR count). The van der Waals surface area contributed by atoms with E-state index in [2.05, 4.69) is 26.2 Å². The van der Waals surface area contributed by atoms with Gasteiger partial charge in [0.05, 0.1) is 12.9 Å². The van der Waals surface area contributed by atoms with Gasteiger partial charge in [0.2, 0.25) is 0 Å². The summed E-state index contributed by atoms with van der Waals surface area (Å²) in [5, 5.41) is 0. The highest BCUT2D eigenvalue weighted by Crippen LogP contribution is 2.26. The third kappa shape index (κ3) is 3.68. The average Bonchev–Trinajstić information content (AvgIpc) is 2.14. The monoisotopic (exact) mass is 198 g/mol. The minimum atomic E-state index is 0.260. The zero-order valence-electron chi connectivity index (χ0n) is 9.47. The highest BCUT2D eigenvalue weighted by Gasteiger charge is 2.22. The Morgan fingerprint density at radius 1 is 1.57 bits per heavy atom. The van der Waals surface area contributed by atoms with Gasteiger partial charge in [-0.3, -0.25) is 11.3 Å². The average molecular weight is 198 g/mol. The molecule has 14 heavy (non-hydrogen) atoms. The topological polar surface area (TPSA) is 47.3 Å². The molecule has 0 aromatic carbocycles. The van der Waals surface area contributed by atoms with Crippen molar-refractivity contribution in [3.05, 3.63) is 11.8 Å². The Hall–Kier alpha value is -0.540. The van der Waals surface area contributed by atoms with Crippen LogP contribution in [0.3, 0.4) is 0 Å². The molecule has 3 N–H and O–H groups in total. The van der Waals surface area contributed by atoms with Crippen molar-refractivity contribution in [2.45, 2.75) is 46.1 Å². The Morgan fingerprint density at radius 2 is 2.29 bits per heavy atom. The summed E-state index contributed by atoms with van der Waals surface area (Å²) in [6.07, 6.45) is 5.12. The van der Waals surface area contributed by atoms with Gasteiger partial charge in [0, 0.05) is 6.04 Å². The standard InChI is InChI=1S/C11H22N2O/c1-11(2,3)7-10(13-12)9-5-4-6-14-8-9/h8,10,13H,4-7,12H2,1-3H3. The lowest BCUT2D eigenvalue weighted by atomic mass is 9.84. The van der Waals surface area contributed by atoms with Gasteiger partial charge >= 0.3 is 0 Å². The van der Waals surface area contributed by atoms with Crippen molar-refractivity contribution < 1.29 is 4.74 Å². The molecule has 0 amide bonds. The maximum Gasteiger partial charge on any atom is 0.0876 e. The fourth-order valence-corrected chi connectivity index (χ4v) is 1.75. The van der Waals surface area contributed by atoms with Crippen LogP contribution in [0, 0.1) is 5.41 Å². The van der Waals surface area contributed by atoms with Gasteiger partial charge in [-0.1, -0.05) is 20.8 Å². The van der Waals surface area contributed by atoms with Crippen molar-refractivity contribution in [1.82, 2.24) is 5.43 Å². The molecule has 82 valence electrons. The van der Waals surface area contributed by atoms with Crippen LogP contribution in [0.15, 0.2) is 11.8 Å². The summed E-state index contributed by atoms with van der Waals surface area (Å²) in [7, 11) is 0. The molecule has 1 aliphatic heterocycles. The van der Waals surface area contributed by atoms with E-state index < -0.39 is 0 Å². The number of hydrogen-bond acceptors (Lipinski definition) is 3. The van der Waals surface area contributed by atoms with E-state index >= 15 is 0 Å². The number of rotatable bonds is 3. The summed E-state index contributed by atoms with van der Waals surface area (Å²) in [5.74, 6) is 5.56. The first-order valence-electron chi connectivity index (χ1n) is 5.29. The Kier molecular flexibility index (Phi) is 3.96. The molecule has 0 radical (unpaired) electrons. The Morgan fingerprint density at radius 3 is 2.71 bits per heavy atom. The summed E-state index contributed by atoms with van der Waals surface area (Å²) >= 11 is 0. The van der Waals surface area contributed by atoms with Gasteiger partial charge in [-0.15, -0.1) is 0 Å². The molecule has 0 saturated carbocycles. The van der Waals surface area contributed by atoms with E-state index in [1.165, 1.54) is 5.57 Å². The molecule has 1 unspecified atom stereocenters. The molecule has 0 spiro atoms. The van der Waals surface area contributed by atoms with Crippen LogP contribution in [-0.2, 0) is 4.74 Å².